The zero-order valence-electron chi connectivity index (χ0n) is 17.4. The highest BCUT2D eigenvalue weighted by atomic mass is 19.3. The Morgan fingerprint density at radius 1 is 1.28 bits per heavy atom. The molecule has 1 aliphatic heterocycles. The molecule has 1 aliphatic carbocycles. The highest BCUT2D eigenvalue weighted by Gasteiger charge is 2.30. The monoisotopic (exact) mass is 451 g/mol. The predicted molar refractivity (Wildman–Crippen MR) is 107 cm³/mol. The van der Waals surface area contributed by atoms with E-state index >= 15 is 0 Å². The molecule has 2 aliphatic rings. The van der Waals surface area contributed by atoms with E-state index in [-0.39, 0.29) is 35.0 Å². The van der Waals surface area contributed by atoms with Crippen molar-refractivity contribution in [3.8, 4) is 23.0 Å². The molecule has 1 saturated carbocycles. The third-order valence-electron chi connectivity index (χ3n) is 5.28. The molecule has 1 N–H and O–H groups in total. The van der Waals surface area contributed by atoms with Crippen molar-refractivity contribution in [3.05, 3.63) is 30.2 Å². The number of benzene rings is 1. The smallest absolute Gasteiger partial charge is 0.407 e. The average Bonchev–Trinajstić information content (AvgIpc) is 3.27. The van der Waals surface area contributed by atoms with Crippen LogP contribution in [0.15, 0.2) is 28.9 Å². The average molecular weight is 451 g/mol. The Labute approximate surface area is 182 Å². The van der Waals surface area contributed by atoms with Crippen LogP contribution in [0.25, 0.3) is 11.5 Å². The maximum atomic E-state index is 12.8. The number of halogens is 2. The molecule has 0 spiro atoms. The molecule has 2 aromatic rings. The molecule has 2 amide bonds. The number of rotatable bonds is 8. The van der Waals surface area contributed by atoms with Gasteiger partial charge in [0.1, 0.15) is 6.26 Å². The number of alkyl halides is 2. The summed E-state index contributed by atoms with van der Waals surface area (Å²) < 4.78 is 45.7. The van der Waals surface area contributed by atoms with Crippen molar-refractivity contribution in [1.29, 1.82) is 0 Å². The summed E-state index contributed by atoms with van der Waals surface area (Å²) in [5, 5.41) is 2.67. The summed E-state index contributed by atoms with van der Waals surface area (Å²) in [5.74, 6) is 0.321. The number of methoxy groups -OCH3 is 1. The van der Waals surface area contributed by atoms with Gasteiger partial charge in [0.25, 0.3) is 5.91 Å². The number of carbonyl (C=O) groups is 2. The Kier molecular flexibility index (Phi) is 6.42. The summed E-state index contributed by atoms with van der Waals surface area (Å²) in [6, 6.07) is 4.17. The van der Waals surface area contributed by atoms with E-state index in [0.717, 1.165) is 12.8 Å². The van der Waals surface area contributed by atoms with Gasteiger partial charge in [0, 0.05) is 18.7 Å². The van der Waals surface area contributed by atoms with Crippen LogP contribution < -0.4 is 14.8 Å². The molecule has 1 saturated heterocycles. The molecule has 0 unspecified atom stereocenters. The number of likely N-dealkylation sites (tertiary alicyclic amines) is 1. The maximum Gasteiger partial charge on any atom is 0.407 e. The minimum absolute atomic E-state index is 0.0755. The molecule has 32 heavy (non-hydrogen) atoms. The number of nitrogens with one attached hydrogen (secondary N) is 1. The number of carbonyl (C=O) groups excluding carboxylic acids is 2. The van der Waals surface area contributed by atoms with Gasteiger partial charge in [-0.25, -0.2) is 9.78 Å². The predicted octanol–water partition coefficient (Wildman–Crippen LogP) is 3.30. The molecule has 9 nitrogen and oxygen atoms in total. The molecular formula is C21H23F2N3O6. The third kappa shape index (κ3) is 5.27. The van der Waals surface area contributed by atoms with Crippen molar-refractivity contribution >= 4 is 12.0 Å². The van der Waals surface area contributed by atoms with E-state index in [1.807, 2.05) is 0 Å². The largest absolute Gasteiger partial charge is 0.489 e. The molecule has 1 atom stereocenters. The Bertz CT molecular complexity index is 978. The number of ether oxygens (including phenoxy) is 3. The first kappa shape index (κ1) is 21.8. The summed E-state index contributed by atoms with van der Waals surface area (Å²) in [6.07, 6.45) is 3.38. The van der Waals surface area contributed by atoms with E-state index in [2.05, 4.69) is 19.8 Å². The number of oxazole rings is 1. The Hall–Kier alpha value is -3.37. The molecule has 0 bridgehead atoms. The van der Waals surface area contributed by atoms with Crippen LogP contribution >= 0.6 is 0 Å². The van der Waals surface area contributed by atoms with Crippen molar-refractivity contribution in [1.82, 2.24) is 15.2 Å². The lowest BCUT2D eigenvalue weighted by Crippen LogP contribution is -2.38. The number of amides is 2. The molecule has 4 rings (SSSR count). The number of alkyl carbamates (subject to hydrolysis) is 1. The molecule has 2 fully saturated rings. The quantitative estimate of drug-likeness (QED) is 0.657. The van der Waals surface area contributed by atoms with Gasteiger partial charge in [-0.1, -0.05) is 0 Å². The lowest BCUT2D eigenvalue weighted by Gasteiger charge is -2.15. The van der Waals surface area contributed by atoms with Crippen LogP contribution in [0.3, 0.4) is 0 Å². The fraction of sp³-hybridized carbons (Fsp3) is 0.476. The zero-order valence-corrected chi connectivity index (χ0v) is 17.4. The number of nitrogens with zero attached hydrogens (tertiary/aromatic N) is 2. The Morgan fingerprint density at radius 2 is 2.09 bits per heavy atom. The van der Waals surface area contributed by atoms with E-state index in [4.69, 9.17) is 9.15 Å². The van der Waals surface area contributed by atoms with Gasteiger partial charge in [0.2, 0.25) is 5.89 Å². The molecule has 0 radical (unpaired) electrons. The van der Waals surface area contributed by atoms with Crippen LogP contribution in [0.2, 0.25) is 0 Å². The minimum atomic E-state index is -2.98. The fourth-order valence-electron chi connectivity index (χ4n) is 3.39. The zero-order chi connectivity index (χ0) is 22.7. The minimum Gasteiger partial charge on any atom is -0.489 e. The van der Waals surface area contributed by atoms with Crippen molar-refractivity contribution in [2.24, 2.45) is 5.92 Å². The second-order valence-electron chi connectivity index (χ2n) is 7.70. The van der Waals surface area contributed by atoms with Gasteiger partial charge >= 0.3 is 12.7 Å². The molecule has 172 valence electrons. The van der Waals surface area contributed by atoms with Crippen molar-refractivity contribution in [3.63, 3.8) is 0 Å². The summed E-state index contributed by atoms with van der Waals surface area (Å²) in [5.41, 5.74) is 0.565. The fourth-order valence-corrected chi connectivity index (χ4v) is 3.39. The van der Waals surface area contributed by atoms with Crippen LogP contribution in [0.1, 0.15) is 29.8 Å². The molecular weight excluding hydrogens is 428 g/mol. The highest BCUT2D eigenvalue weighted by Crippen LogP contribution is 2.36. The van der Waals surface area contributed by atoms with Gasteiger partial charge in [0.15, 0.2) is 17.2 Å². The first-order valence-corrected chi connectivity index (χ1v) is 10.2. The van der Waals surface area contributed by atoms with Gasteiger partial charge in [-0.05, 0) is 43.4 Å². The Balaban J connectivity index is 1.45. The molecule has 1 aromatic heterocycles. The third-order valence-corrected chi connectivity index (χ3v) is 5.28. The second kappa shape index (κ2) is 9.41. The van der Waals surface area contributed by atoms with Gasteiger partial charge in [0.05, 0.1) is 19.8 Å². The highest BCUT2D eigenvalue weighted by molar-refractivity contribution is 5.92. The molecule has 2 heterocycles. The molecule has 1 aromatic carbocycles. The normalized spacial score (nSPS) is 18.0. The van der Waals surface area contributed by atoms with E-state index in [0.29, 0.717) is 37.6 Å². The van der Waals surface area contributed by atoms with Crippen molar-refractivity contribution in [2.45, 2.75) is 31.9 Å². The number of hydrogen-bond donors (Lipinski definition) is 1. The summed E-state index contributed by atoms with van der Waals surface area (Å²) in [6.45, 7) is -1.79. The second-order valence-corrected chi connectivity index (χ2v) is 7.70. The molecule has 11 heteroatoms. The number of aromatic nitrogens is 1. The van der Waals surface area contributed by atoms with E-state index < -0.39 is 12.7 Å². The van der Waals surface area contributed by atoms with Crippen LogP contribution in [-0.2, 0) is 4.74 Å². The van der Waals surface area contributed by atoms with Gasteiger partial charge in [-0.3, -0.25) is 4.79 Å². The van der Waals surface area contributed by atoms with Crippen molar-refractivity contribution in [2.75, 3.05) is 26.8 Å². The summed E-state index contributed by atoms with van der Waals surface area (Å²) in [7, 11) is 1.28. The van der Waals surface area contributed by atoms with Gasteiger partial charge in [-0.2, -0.15) is 8.78 Å². The van der Waals surface area contributed by atoms with Gasteiger partial charge in [-0.15, -0.1) is 0 Å². The number of hydrogen-bond acceptors (Lipinski definition) is 7. The van der Waals surface area contributed by atoms with Crippen LogP contribution in [0.5, 0.6) is 11.5 Å². The lowest BCUT2D eigenvalue weighted by atomic mass is 10.2. The Morgan fingerprint density at radius 3 is 2.81 bits per heavy atom. The van der Waals surface area contributed by atoms with E-state index in [1.165, 1.54) is 31.6 Å². The SMILES string of the molecule is COC(=O)N[C@@H]1CCN(C(=O)c2coc(-c3ccc(OC(F)F)c(OCC4CC4)c3)n2)C1. The lowest BCUT2D eigenvalue weighted by molar-refractivity contribution is -0.0515. The maximum absolute atomic E-state index is 12.8. The van der Waals surface area contributed by atoms with E-state index in [1.54, 1.807) is 4.90 Å². The van der Waals surface area contributed by atoms with Crippen molar-refractivity contribution < 1.29 is 37.0 Å². The van der Waals surface area contributed by atoms with E-state index in [9.17, 15) is 18.4 Å². The topological polar surface area (TPSA) is 103 Å². The van der Waals surface area contributed by atoms with Crippen LogP contribution in [0.4, 0.5) is 13.6 Å². The van der Waals surface area contributed by atoms with Crippen LogP contribution in [-0.4, -0.2) is 61.3 Å². The first-order chi connectivity index (χ1) is 15.4. The van der Waals surface area contributed by atoms with Gasteiger partial charge < -0.3 is 28.8 Å². The standard InChI is InChI=1S/C21H23F2N3O6/c1-29-21(28)24-14-6-7-26(9-14)19(27)15-11-31-18(25-15)13-4-5-16(32-20(22)23)17(8-13)30-10-12-2-3-12/h4-5,8,11-12,14,20H,2-3,6-7,9-10H2,1H3,(H,24,28)/t14-/m1/s1. The summed E-state index contributed by atoms with van der Waals surface area (Å²) >= 11 is 0. The van der Waals surface area contributed by atoms with Crippen LogP contribution in [0, 0.1) is 5.92 Å². The first-order valence-electron chi connectivity index (χ1n) is 10.2. The summed E-state index contributed by atoms with van der Waals surface area (Å²) in [4.78, 5) is 29.9.